The predicted molar refractivity (Wildman–Crippen MR) is 125 cm³/mol. The summed E-state index contributed by atoms with van der Waals surface area (Å²) in [6.45, 7) is 3.64. The molecule has 0 aliphatic carbocycles. The fourth-order valence-corrected chi connectivity index (χ4v) is 4.78. The largest absolute Gasteiger partial charge is 0.476 e. The third-order valence-electron chi connectivity index (χ3n) is 4.97. The quantitative estimate of drug-likeness (QED) is 0.320. The first kappa shape index (κ1) is 25.8. The predicted octanol–water partition coefficient (Wildman–Crippen LogP) is 3.04. The zero-order chi connectivity index (χ0) is 25.5. The fraction of sp³-hybridized carbons (Fsp3) is 0.320. The number of hydrogen-bond acceptors (Lipinski definition) is 10. The van der Waals surface area contributed by atoms with Crippen LogP contribution >= 0.6 is 11.8 Å². The first-order chi connectivity index (χ1) is 16.7. The van der Waals surface area contributed by atoms with Crippen molar-refractivity contribution in [2.24, 2.45) is 0 Å². The van der Waals surface area contributed by atoms with Gasteiger partial charge in [-0.2, -0.15) is 5.26 Å². The van der Waals surface area contributed by atoms with Crippen molar-refractivity contribution >= 4 is 35.5 Å². The number of ketones is 1. The monoisotopic (exact) mass is 497 g/mol. The smallest absolute Gasteiger partial charge is 0.303 e. The molecular weight excluding hydrogens is 474 g/mol. The van der Waals surface area contributed by atoms with Crippen molar-refractivity contribution in [1.29, 1.82) is 5.26 Å². The first-order valence-corrected chi connectivity index (χ1v) is 11.7. The van der Waals surface area contributed by atoms with E-state index < -0.39 is 41.7 Å². The highest BCUT2D eigenvalue weighted by molar-refractivity contribution is 7.99. The number of thioether (sulfide) groups is 1. The van der Waals surface area contributed by atoms with Gasteiger partial charge in [0.1, 0.15) is 5.75 Å². The minimum atomic E-state index is -1.06. The van der Waals surface area contributed by atoms with Crippen LogP contribution in [0.3, 0.4) is 0 Å². The zero-order valence-electron chi connectivity index (χ0n) is 19.3. The van der Waals surface area contributed by atoms with Crippen LogP contribution in [-0.2, 0) is 28.6 Å². The molecule has 0 saturated carbocycles. The molecule has 9 nitrogen and oxygen atoms in total. The number of nitrogens with zero attached hydrogens (tertiary/aromatic N) is 1. The molecule has 2 aromatic carbocycles. The number of nitriles is 1. The molecule has 0 aromatic heterocycles. The van der Waals surface area contributed by atoms with Gasteiger partial charge in [-0.15, -0.1) is 11.8 Å². The number of rotatable bonds is 7. The summed E-state index contributed by atoms with van der Waals surface area (Å²) in [4.78, 5) is 47.8. The lowest BCUT2D eigenvalue weighted by atomic mass is 9.99. The number of ether oxygens (including phenoxy) is 4. The average molecular weight is 498 g/mol. The van der Waals surface area contributed by atoms with E-state index in [0.29, 0.717) is 16.9 Å². The molecule has 2 aromatic rings. The minimum Gasteiger partial charge on any atom is -0.476 e. The average Bonchev–Trinajstić information content (AvgIpc) is 2.81. The topological polar surface area (TPSA) is 129 Å². The summed E-state index contributed by atoms with van der Waals surface area (Å²) in [5.74, 6) is -1.51. The van der Waals surface area contributed by atoms with Gasteiger partial charge in [0.25, 0.3) is 0 Å². The molecule has 1 heterocycles. The Hall–Kier alpha value is -3.84. The van der Waals surface area contributed by atoms with Gasteiger partial charge >= 0.3 is 17.9 Å². The normalized spacial score (nSPS) is 21.2. The van der Waals surface area contributed by atoms with Gasteiger partial charge in [-0.05, 0) is 36.4 Å². The molecule has 0 radical (unpaired) electrons. The summed E-state index contributed by atoms with van der Waals surface area (Å²) in [5.41, 5.74) is 0.151. The maximum absolute atomic E-state index is 12.8. The zero-order valence-corrected chi connectivity index (χ0v) is 20.1. The van der Waals surface area contributed by atoms with Crippen molar-refractivity contribution < 1.29 is 38.1 Å². The highest BCUT2D eigenvalue weighted by Crippen LogP contribution is 2.34. The Morgan fingerprint density at radius 3 is 2.06 bits per heavy atom. The molecule has 1 fully saturated rings. The number of benzene rings is 2. The van der Waals surface area contributed by atoms with Crippen molar-refractivity contribution in [3.8, 4) is 11.8 Å². The molecule has 10 heteroatoms. The highest BCUT2D eigenvalue weighted by Gasteiger charge is 2.47. The van der Waals surface area contributed by atoms with Crippen LogP contribution in [0.2, 0.25) is 0 Å². The molecule has 0 unspecified atom stereocenters. The Kier molecular flexibility index (Phi) is 8.49. The van der Waals surface area contributed by atoms with E-state index in [-0.39, 0.29) is 17.1 Å². The minimum absolute atomic E-state index is 0.238. The van der Waals surface area contributed by atoms with Crippen LogP contribution in [0.4, 0.5) is 0 Å². The number of hydrogen-bond donors (Lipinski definition) is 0. The van der Waals surface area contributed by atoms with E-state index in [4.69, 9.17) is 18.9 Å². The number of carbonyl (C=O) groups excluding carboxylic acids is 4. The van der Waals surface area contributed by atoms with Crippen LogP contribution in [0, 0.1) is 11.3 Å². The summed E-state index contributed by atoms with van der Waals surface area (Å²) in [5, 5.41) is 9.25. The summed E-state index contributed by atoms with van der Waals surface area (Å²) >= 11 is 1.23. The van der Waals surface area contributed by atoms with Crippen LogP contribution in [0.5, 0.6) is 5.75 Å². The number of carbonyl (C=O) groups is 4. The summed E-state index contributed by atoms with van der Waals surface area (Å²) in [6.07, 6.45) is -2.94. The molecule has 35 heavy (non-hydrogen) atoms. The second-order valence-electron chi connectivity index (χ2n) is 7.63. The van der Waals surface area contributed by atoms with Crippen LogP contribution in [0.25, 0.3) is 0 Å². The molecule has 182 valence electrons. The standard InChI is InChI=1S/C25H23NO8S/c1-14(27)31-21-13-35-25(24(33-16(3)29)23(21)32-15(2)28)34-19-10-8-17(9-11-19)22(30)20-7-5-4-6-18(20)12-26/h4-11,21,23-25H,13H2,1-3H3/t21-,23+,24-,25+/m1/s1. The first-order valence-electron chi connectivity index (χ1n) is 10.6. The van der Waals surface area contributed by atoms with Crippen LogP contribution < -0.4 is 4.74 Å². The Morgan fingerprint density at radius 1 is 0.857 bits per heavy atom. The van der Waals surface area contributed by atoms with Gasteiger partial charge in [-0.25, -0.2) is 0 Å². The van der Waals surface area contributed by atoms with E-state index >= 15 is 0 Å². The van der Waals surface area contributed by atoms with Gasteiger partial charge in [-0.1, -0.05) is 12.1 Å². The van der Waals surface area contributed by atoms with Gasteiger partial charge < -0.3 is 18.9 Å². The Labute approximate surface area is 206 Å². The van der Waals surface area contributed by atoms with E-state index in [9.17, 15) is 24.4 Å². The van der Waals surface area contributed by atoms with Crippen molar-refractivity contribution in [1.82, 2.24) is 0 Å². The van der Waals surface area contributed by atoms with E-state index in [1.807, 2.05) is 6.07 Å². The molecule has 3 rings (SSSR count). The van der Waals surface area contributed by atoms with Gasteiger partial charge in [0, 0.05) is 37.7 Å². The van der Waals surface area contributed by atoms with E-state index in [1.54, 1.807) is 48.5 Å². The lowest BCUT2D eigenvalue weighted by molar-refractivity contribution is -0.186. The van der Waals surface area contributed by atoms with Gasteiger partial charge in [0.15, 0.2) is 29.5 Å². The fourth-order valence-electron chi connectivity index (χ4n) is 3.56. The summed E-state index contributed by atoms with van der Waals surface area (Å²) in [6, 6.07) is 14.8. The molecule has 1 saturated heterocycles. The highest BCUT2D eigenvalue weighted by atomic mass is 32.2. The molecule has 0 N–H and O–H groups in total. The molecular formula is C25H23NO8S. The van der Waals surface area contributed by atoms with Crippen LogP contribution in [-0.4, -0.2) is 53.2 Å². The number of esters is 3. The van der Waals surface area contributed by atoms with Crippen LogP contribution in [0.15, 0.2) is 48.5 Å². The molecule has 0 bridgehead atoms. The SMILES string of the molecule is CC(=O)O[C@@H]1[C@@H](OC(C)=O)[C@@H](Oc2ccc(C(=O)c3ccccc3C#N)cc2)SC[C@H]1OC(C)=O. The van der Waals surface area contributed by atoms with E-state index in [0.717, 1.165) is 0 Å². The van der Waals surface area contributed by atoms with Crippen molar-refractivity contribution in [2.45, 2.75) is 44.5 Å². The summed E-state index contributed by atoms with van der Waals surface area (Å²) < 4.78 is 22.0. The van der Waals surface area contributed by atoms with Gasteiger partial charge in [0.2, 0.25) is 0 Å². The van der Waals surface area contributed by atoms with E-state index in [1.165, 1.54) is 32.5 Å². The van der Waals surface area contributed by atoms with Crippen LogP contribution in [0.1, 0.15) is 42.3 Å². The van der Waals surface area contributed by atoms with Gasteiger partial charge in [-0.3, -0.25) is 19.2 Å². The maximum atomic E-state index is 12.8. The lowest BCUT2D eigenvalue weighted by Gasteiger charge is -2.39. The van der Waals surface area contributed by atoms with Crippen molar-refractivity contribution in [3.05, 3.63) is 65.2 Å². The van der Waals surface area contributed by atoms with E-state index in [2.05, 4.69) is 0 Å². The molecule has 0 amide bonds. The Bertz CT molecular complexity index is 1160. The summed E-state index contributed by atoms with van der Waals surface area (Å²) in [7, 11) is 0. The van der Waals surface area contributed by atoms with Crippen molar-refractivity contribution in [3.63, 3.8) is 0 Å². The second-order valence-corrected chi connectivity index (χ2v) is 8.76. The molecule has 4 atom stereocenters. The maximum Gasteiger partial charge on any atom is 0.303 e. The second kappa shape index (κ2) is 11.5. The Morgan fingerprint density at radius 2 is 1.46 bits per heavy atom. The molecule has 0 spiro atoms. The lowest BCUT2D eigenvalue weighted by Crippen LogP contribution is -2.55. The van der Waals surface area contributed by atoms with Gasteiger partial charge in [0.05, 0.1) is 11.6 Å². The Balaban J connectivity index is 1.81. The van der Waals surface area contributed by atoms with Crippen molar-refractivity contribution in [2.75, 3.05) is 5.75 Å². The third-order valence-corrected chi connectivity index (χ3v) is 6.18. The third kappa shape index (κ3) is 6.61. The molecule has 1 aliphatic heterocycles. The molecule has 1 aliphatic rings.